The molecule has 7 heteroatoms. The summed E-state index contributed by atoms with van der Waals surface area (Å²) in [6.45, 7) is 2.33. The minimum Gasteiger partial charge on any atom is -0.493 e. The smallest absolute Gasteiger partial charge is 0.220 e. The van der Waals surface area contributed by atoms with Gasteiger partial charge in [0.15, 0.2) is 23.0 Å². The van der Waals surface area contributed by atoms with Crippen molar-refractivity contribution in [3.8, 4) is 23.0 Å². The Hall–Kier alpha value is -3.71. The second kappa shape index (κ2) is 14.3. The van der Waals surface area contributed by atoms with E-state index in [1.807, 2.05) is 42.5 Å². The number of methoxy groups -OCH3 is 4. The number of nitrogens with zero attached hydrogens (tertiary/aromatic N) is 1. The highest BCUT2D eigenvalue weighted by Gasteiger charge is 2.26. The van der Waals surface area contributed by atoms with E-state index in [4.69, 9.17) is 18.9 Å². The molecular weight excluding hydrogens is 480 g/mol. The normalized spacial score (nSPS) is 12.3. The summed E-state index contributed by atoms with van der Waals surface area (Å²) in [5.41, 5.74) is 3.47. The molecule has 0 aliphatic rings. The molecule has 1 N–H and O–H groups in total. The molecule has 0 fully saturated rings. The van der Waals surface area contributed by atoms with Crippen molar-refractivity contribution in [1.82, 2.24) is 9.80 Å². The Kier molecular flexibility index (Phi) is 10.8. The molecule has 1 amide bonds. The van der Waals surface area contributed by atoms with Gasteiger partial charge in [0.1, 0.15) is 5.69 Å². The molecule has 3 aromatic rings. The van der Waals surface area contributed by atoms with Gasteiger partial charge >= 0.3 is 0 Å². The number of quaternary nitrogens is 1. The van der Waals surface area contributed by atoms with E-state index >= 15 is 0 Å². The van der Waals surface area contributed by atoms with Crippen molar-refractivity contribution in [3.63, 3.8) is 0 Å². The van der Waals surface area contributed by atoms with Crippen molar-refractivity contribution < 1.29 is 23.7 Å². The first-order valence-corrected chi connectivity index (χ1v) is 13.0. The lowest BCUT2D eigenvalue weighted by Gasteiger charge is -2.35. The van der Waals surface area contributed by atoms with Gasteiger partial charge in [0.05, 0.1) is 48.6 Å². The number of carbonyl (C=O) groups is 1. The molecule has 0 aromatic heterocycles. The van der Waals surface area contributed by atoms with Gasteiger partial charge in [0.2, 0.25) is 5.91 Å². The molecule has 0 saturated heterocycles. The number of hydrogen-bond acceptors (Lipinski definition) is 5. The molecule has 1 unspecified atom stereocenters. The van der Waals surface area contributed by atoms with Crippen LogP contribution < -0.4 is 28.7 Å². The molecular formula is C31H41N2O5+. The van der Waals surface area contributed by atoms with Gasteiger partial charge in [-0.25, -0.2) is 0 Å². The van der Waals surface area contributed by atoms with Gasteiger partial charge in [0.25, 0.3) is 0 Å². The Balaban J connectivity index is 1.67. The third-order valence-corrected chi connectivity index (χ3v) is 6.97. The first kappa shape index (κ1) is 28.9. The fraction of sp³-hybridized carbons (Fsp3) is 0.387. The summed E-state index contributed by atoms with van der Waals surface area (Å²) in [6.07, 6.45) is 2.92. The Labute approximate surface area is 226 Å². The van der Waals surface area contributed by atoms with Crippen LogP contribution in [0.2, 0.25) is 0 Å². The van der Waals surface area contributed by atoms with Crippen LogP contribution in [-0.4, -0.2) is 61.0 Å². The first-order valence-electron chi connectivity index (χ1n) is 13.0. The zero-order chi connectivity index (χ0) is 27.4. The standard InChI is InChI=1S/C31H40N2O5/c1-33(26-14-16-28(36-3)30(23-26)38-5,21-18-25-12-15-27(35-2)29(22-25)37-4)20-9-19-32-31(34)17-13-24-10-7-6-8-11-24/h6-8,10-12,14-16,22-23H,9,13,17-21H2,1-5H3/p+1. The molecule has 0 aliphatic carbocycles. The Bertz CT molecular complexity index is 1170. The van der Waals surface area contributed by atoms with Crippen LogP contribution >= 0.6 is 0 Å². The number of benzene rings is 3. The second-order valence-corrected chi connectivity index (χ2v) is 9.51. The molecule has 0 heterocycles. The molecule has 0 saturated carbocycles. The average molecular weight is 522 g/mol. The molecule has 204 valence electrons. The summed E-state index contributed by atoms with van der Waals surface area (Å²) in [4.78, 5) is 12.4. The maximum absolute atomic E-state index is 12.4. The molecule has 3 aromatic carbocycles. The van der Waals surface area contributed by atoms with E-state index in [0.29, 0.717) is 28.9 Å². The second-order valence-electron chi connectivity index (χ2n) is 9.51. The van der Waals surface area contributed by atoms with Crippen LogP contribution in [0.1, 0.15) is 24.0 Å². The Morgan fingerprint density at radius 2 is 1.34 bits per heavy atom. The Morgan fingerprint density at radius 1 is 0.711 bits per heavy atom. The minimum atomic E-state index is 0.0829. The van der Waals surface area contributed by atoms with Crippen LogP contribution in [0.25, 0.3) is 0 Å². The van der Waals surface area contributed by atoms with Gasteiger partial charge in [0, 0.05) is 37.9 Å². The lowest BCUT2D eigenvalue weighted by molar-refractivity contribution is -0.121. The van der Waals surface area contributed by atoms with Crippen molar-refractivity contribution in [3.05, 3.63) is 77.9 Å². The lowest BCUT2D eigenvalue weighted by Crippen LogP contribution is -2.48. The topological polar surface area (TPSA) is 66.0 Å². The van der Waals surface area contributed by atoms with Crippen molar-refractivity contribution >= 4 is 11.6 Å². The molecule has 3 rings (SSSR count). The third kappa shape index (κ3) is 7.89. The number of amides is 1. The van der Waals surface area contributed by atoms with E-state index in [-0.39, 0.29) is 5.91 Å². The van der Waals surface area contributed by atoms with E-state index < -0.39 is 0 Å². The highest BCUT2D eigenvalue weighted by molar-refractivity contribution is 5.76. The summed E-state index contributed by atoms with van der Waals surface area (Å²) < 4.78 is 22.6. The maximum atomic E-state index is 12.4. The predicted molar refractivity (Wildman–Crippen MR) is 153 cm³/mol. The SMILES string of the molecule is COc1ccc(CC[N+](C)(CCCNC(=O)CCc2ccccc2)c2ccc(OC)c(OC)c2)cc1OC. The zero-order valence-corrected chi connectivity index (χ0v) is 23.3. The van der Waals surface area contributed by atoms with Crippen LogP contribution in [0.15, 0.2) is 66.7 Å². The zero-order valence-electron chi connectivity index (χ0n) is 23.3. The summed E-state index contributed by atoms with van der Waals surface area (Å²) in [7, 11) is 8.81. The summed E-state index contributed by atoms with van der Waals surface area (Å²) in [5.74, 6) is 2.93. The molecule has 0 spiro atoms. The summed E-state index contributed by atoms with van der Waals surface area (Å²) in [6, 6.07) is 22.2. The van der Waals surface area contributed by atoms with Gasteiger partial charge in [-0.05, 0) is 35.7 Å². The van der Waals surface area contributed by atoms with Crippen LogP contribution in [0.4, 0.5) is 5.69 Å². The monoisotopic (exact) mass is 521 g/mol. The molecule has 1 atom stereocenters. The molecule has 0 aliphatic heterocycles. The number of rotatable bonds is 15. The summed E-state index contributed by atoms with van der Waals surface area (Å²) >= 11 is 0. The van der Waals surface area contributed by atoms with E-state index in [0.717, 1.165) is 49.5 Å². The van der Waals surface area contributed by atoms with Gasteiger partial charge < -0.3 is 24.3 Å². The lowest BCUT2D eigenvalue weighted by atomic mass is 10.1. The van der Waals surface area contributed by atoms with Gasteiger partial charge in [-0.1, -0.05) is 36.4 Å². The van der Waals surface area contributed by atoms with Crippen molar-refractivity contribution in [2.24, 2.45) is 0 Å². The Morgan fingerprint density at radius 3 is 2.00 bits per heavy atom. The van der Waals surface area contributed by atoms with E-state index in [9.17, 15) is 4.79 Å². The predicted octanol–water partition coefficient (Wildman–Crippen LogP) is 5.04. The fourth-order valence-corrected chi connectivity index (χ4v) is 4.59. The first-order chi connectivity index (χ1) is 18.4. The number of aryl methyl sites for hydroxylation is 1. The van der Waals surface area contributed by atoms with Crippen LogP contribution in [0.3, 0.4) is 0 Å². The fourth-order valence-electron chi connectivity index (χ4n) is 4.59. The average Bonchev–Trinajstić information content (AvgIpc) is 2.97. The number of nitrogens with one attached hydrogen (secondary N) is 1. The molecule has 0 radical (unpaired) electrons. The number of hydrogen-bond donors (Lipinski definition) is 1. The van der Waals surface area contributed by atoms with Gasteiger partial charge in [-0.15, -0.1) is 0 Å². The van der Waals surface area contributed by atoms with Crippen LogP contribution in [0, 0.1) is 0 Å². The van der Waals surface area contributed by atoms with Crippen LogP contribution in [0.5, 0.6) is 23.0 Å². The number of carbonyl (C=O) groups excluding carboxylic acids is 1. The van der Waals surface area contributed by atoms with Crippen LogP contribution in [-0.2, 0) is 17.6 Å². The molecule has 0 bridgehead atoms. The van der Waals surface area contributed by atoms with Crippen molar-refractivity contribution in [1.29, 1.82) is 0 Å². The maximum Gasteiger partial charge on any atom is 0.220 e. The van der Waals surface area contributed by atoms with Gasteiger partial charge in [-0.3, -0.25) is 9.28 Å². The highest BCUT2D eigenvalue weighted by atomic mass is 16.5. The van der Waals surface area contributed by atoms with E-state index in [2.05, 4.69) is 36.6 Å². The number of likely N-dealkylation sites (N-methyl/N-ethyl adjacent to an activating group) is 1. The van der Waals surface area contributed by atoms with E-state index in [1.165, 1.54) is 11.1 Å². The third-order valence-electron chi connectivity index (χ3n) is 6.97. The largest absolute Gasteiger partial charge is 0.493 e. The molecule has 38 heavy (non-hydrogen) atoms. The van der Waals surface area contributed by atoms with Gasteiger partial charge in [-0.2, -0.15) is 0 Å². The van der Waals surface area contributed by atoms with E-state index in [1.54, 1.807) is 28.4 Å². The summed E-state index contributed by atoms with van der Waals surface area (Å²) in [5, 5.41) is 3.10. The molecule has 7 nitrogen and oxygen atoms in total. The number of ether oxygens (including phenoxy) is 4. The highest BCUT2D eigenvalue weighted by Crippen LogP contribution is 2.34. The van der Waals surface area contributed by atoms with Crippen molar-refractivity contribution in [2.45, 2.75) is 25.7 Å². The quantitative estimate of drug-likeness (QED) is 0.224. The minimum absolute atomic E-state index is 0.0829. The van der Waals surface area contributed by atoms with Crippen molar-refractivity contribution in [2.75, 3.05) is 55.1 Å².